The molecule has 2 atom stereocenters. The Kier molecular flexibility index (Phi) is 9.74. The molecule has 0 aliphatic heterocycles. The Balaban J connectivity index is 1.78. The number of carbonyl (C=O) groups excluding carboxylic acids is 1. The minimum absolute atomic E-state index is 0.0577. The second-order valence-electron chi connectivity index (χ2n) is 8.62. The number of halogens is 3. The van der Waals surface area contributed by atoms with Crippen molar-refractivity contribution in [3.8, 4) is 0 Å². The van der Waals surface area contributed by atoms with Crippen LogP contribution in [0.25, 0.3) is 0 Å². The molecule has 3 rings (SSSR count). The standard InChI is InChI=1S/C26H28ClF2N3O4S/c1-2-16-4-3-5-17(8-16)14-31-15-24(33)23(11-18-9-20(28)13-21(29)10-18)32-26(34)19-6-7-22(27)25(12-19)37(30,35)36/h3-10,12-13,23-24,31,33H,2,11,14-15H2,1H3,(H,32,34)(H2,30,35,36)/t23-,24-/m0/s1. The fourth-order valence-corrected chi connectivity index (χ4v) is 4.92. The molecule has 0 spiro atoms. The first-order valence-corrected chi connectivity index (χ1v) is 13.4. The molecule has 37 heavy (non-hydrogen) atoms. The predicted octanol–water partition coefficient (Wildman–Crippen LogP) is 3.32. The van der Waals surface area contributed by atoms with Gasteiger partial charge in [-0.15, -0.1) is 0 Å². The van der Waals surface area contributed by atoms with Crippen LogP contribution >= 0.6 is 11.6 Å². The number of carbonyl (C=O) groups is 1. The van der Waals surface area contributed by atoms with Gasteiger partial charge in [0.05, 0.1) is 17.2 Å². The Morgan fingerprint density at radius 1 is 1.03 bits per heavy atom. The smallest absolute Gasteiger partial charge is 0.251 e. The summed E-state index contributed by atoms with van der Waals surface area (Å²) >= 11 is 5.90. The van der Waals surface area contributed by atoms with Crippen LogP contribution in [0.5, 0.6) is 0 Å². The van der Waals surface area contributed by atoms with E-state index in [2.05, 4.69) is 10.6 Å². The van der Waals surface area contributed by atoms with Crippen LogP contribution in [0.2, 0.25) is 5.02 Å². The summed E-state index contributed by atoms with van der Waals surface area (Å²) < 4.78 is 51.1. The number of sulfonamides is 1. The average Bonchev–Trinajstić information content (AvgIpc) is 2.82. The van der Waals surface area contributed by atoms with E-state index < -0.39 is 44.6 Å². The number of benzene rings is 3. The molecule has 0 bridgehead atoms. The zero-order chi connectivity index (χ0) is 27.2. The molecule has 0 aromatic heterocycles. The van der Waals surface area contributed by atoms with Gasteiger partial charge in [-0.05, 0) is 59.9 Å². The van der Waals surface area contributed by atoms with Gasteiger partial charge in [0.1, 0.15) is 16.5 Å². The van der Waals surface area contributed by atoms with Crippen molar-refractivity contribution in [3.63, 3.8) is 0 Å². The number of aryl methyl sites for hydroxylation is 1. The van der Waals surface area contributed by atoms with Gasteiger partial charge in [0.15, 0.2) is 0 Å². The van der Waals surface area contributed by atoms with Crippen LogP contribution in [0, 0.1) is 11.6 Å². The fourth-order valence-electron chi connectivity index (χ4n) is 3.85. The molecule has 3 aromatic carbocycles. The maximum Gasteiger partial charge on any atom is 0.251 e. The lowest BCUT2D eigenvalue weighted by Crippen LogP contribution is -2.48. The van der Waals surface area contributed by atoms with Gasteiger partial charge in [-0.2, -0.15) is 0 Å². The summed E-state index contributed by atoms with van der Waals surface area (Å²) in [5, 5.41) is 21.7. The van der Waals surface area contributed by atoms with E-state index in [1.54, 1.807) is 0 Å². The molecule has 0 heterocycles. The zero-order valence-electron chi connectivity index (χ0n) is 20.0. The van der Waals surface area contributed by atoms with Gasteiger partial charge in [0.2, 0.25) is 10.0 Å². The largest absolute Gasteiger partial charge is 0.390 e. The van der Waals surface area contributed by atoms with Gasteiger partial charge in [0.25, 0.3) is 5.91 Å². The molecule has 0 aliphatic carbocycles. The van der Waals surface area contributed by atoms with E-state index in [0.29, 0.717) is 6.54 Å². The first-order chi connectivity index (χ1) is 17.5. The second kappa shape index (κ2) is 12.6. The fraction of sp³-hybridized carbons (Fsp3) is 0.269. The van der Waals surface area contributed by atoms with E-state index in [1.807, 2.05) is 31.2 Å². The van der Waals surface area contributed by atoms with E-state index in [9.17, 15) is 27.1 Å². The highest BCUT2D eigenvalue weighted by molar-refractivity contribution is 7.89. The number of primary sulfonamides is 1. The SMILES string of the molecule is CCc1cccc(CNC[C@H](O)[C@H](Cc2cc(F)cc(F)c2)NC(=O)c2ccc(Cl)c(S(N)(=O)=O)c2)c1. The molecule has 0 saturated heterocycles. The molecule has 5 N–H and O–H groups in total. The maximum atomic E-state index is 13.8. The first kappa shape index (κ1) is 28.7. The predicted molar refractivity (Wildman–Crippen MR) is 138 cm³/mol. The molecule has 0 saturated carbocycles. The van der Waals surface area contributed by atoms with Crippen LogP contribution in [0.4, 0.5) is 8.78 Å². The molecular formula is C26H28ClF2N3O4S. The molecule has 0 fully saturated rings. The van der Waals surface area contributed by atoms with Gasteiger partial charge in [-0.3, -0.25) is 4.79 Å². The minimum atomic E-state index is -4.19. The van der Waals surface area contributed by atoms with Crippen LogP contribution in [-0.4, -0.2) is 38.1 Å². The molecule has 0 aliphatic rings. The third-order valence-corrected chi connectivity index (χ3v) is 7.13. The number of nitrogens with two attached hydrogens (primary N) is 1. The van der Waals surface area contributed by atoms with Crippen molar-refractivity contribution in [2.75, 3.05) is 6.54 Å². The van der Waals surface area contributed by atoms with Crippen LogP contribution in [-0.2, 0) is 29.4 Å². The highest BCUT2D eigenvalue weighted by Gasteiger charge is 2.24. The van der Waals surface area contributed by atoms with E-state index in [1.165, 1.54) is 17.7 Å². The van der Waals surface area contributed by atoms with Gasteiger partial charge in [-0.1, -0.05) is 42.8 Å². The van der Waals surface area contributed by atoms with Gasteiger partial charge in [-0.25, -0.2) is 22.3 Å². The minimum Gasteiger partial charge on any atom is -0.390 e. The van der Waals surface area contributed by atoms with E-state index in [4.69, 9.17) is 16.7 Å². The molecular weight excluding hydrogens is 524 g/mol. The van der Waals surface area contributed by atoms with Crippen molar-refractivity contribution >= 4 is 27.5 Å². The summed E-state index contributed by atoms with van der Waals surface area (Å²) in [6, 6.07) is 13.5. The van der Waals surface area contributed by atoms with Crippen LogP contribution < -0.4 is 15.8 Å². The molecule has 11 heteroatoms. The van der Waals surface area contributed by atoms with E-state index in [0.717, 1.165) is 36.2 Å². The molecule has 7 nitrogen and oxygen atoms in total. The topological polar surface area (TPSA) is 122 Å². The summed E-state index contributed by atoms with van der Waals surface area (Å²) in [5.41, 5.74) is 2.33. The third-order valence-electron chi connectivity index (χ3n) is 5.74. The Morgan fingerprint density at radius 2 is 1.70 bits per heavy atom. The number of hydrogen-bond donors (Lipinski definition) is 4. The average molecular weight is 552 g/mol. The van der Waals surface area contributed by atoms with Crippen molar-refractivity contribution in [3.05, 3.63) is 99.6 Å². The number of nitrogens with one attached hydrogen (secondary N) is 2. The normalized spacial score (nSPS) is 13.2. The van der Waals surface area contributed by atoms with Crippen molar-refractivity contribution in [1.82, 2.24) is 10.6 Å². The van der Waals surface area contributed by atoms with Crippen LogP contribution in [0.3, 0.4) is 0 Å². The zero-order valence-corrected chi connectivity index (χ0v) is 21.6. The van der Waals surface area contributed by atoms with E-state index >= 15 is 0 Å². The van der Waals surface area contributed by atoms with Gasteiger partial charge >= 0.3 is 0 Å². The Labute approximate surface area is 219 Å². The Hall–Kier alpha value is -2.89. The number of hydrogen-bond acceptors (Lipinski definition) is 5. The van der Waals surface area contributed by atoms with Crippen LogP contribution in [0.15, 0.2) is 65.6 Å². The molecule has 3 aromatic rings. The van der Waals surface area contributed by atoms with Gasteiger partial charge in [0, 0.05) is 24.7 Å². The number of aliphatic hydroxyl groups excluding tert-OH is 1. The monoisotopic (exact) mass is 551 g/mol. The highest BCUT2D eigenvalue weighted by Crippen LogP contribution is 2.22. The van der Waals surface area contributed by atoms with Crippen molar-refractivity contribution < 1.29 is 27.1 Å². The quantitative estimate of drug-likeness (QED) is 0.291. The van der Waals surface area contributed by atoms with Crippen molar-refractivity contribution in [2.45, 2.75) is 43.4 Å². The lowest BCUT2D eigenvalue weighted by molar-refractivity contribution is 0.0829. The summed E-state index contributed by atoms with van der Waals surface area (Å²) in [7, 11) is -4.19. The number of amides is 1. The Bertz CT molecular complexity index is 1350. The molecule has 1 amide bonds. The van der Waals surface area contributed by atoms with Gasteiger partial charge < -0.3 is 15.7 Å². The molecule has 0 radical (unpaired) electrons. The van der Waals surface area contributed by atoms with Crippen molar-refractivity contribution in [1.29, 1.82) is 0 Å². The lowest BCUT2D eigenvalue weighted by Gasteiger charge is -2.25. The summed E-state index contributed by atoms with van der Waals surface area (Å²) in [5.74, 6) is -2.31. The lowest BCUT2D eigenvalue weighted by atomic mass is 10.00. The third kappa shape index (κ3) is 8.31. The molecule has 0 unspecified atom stereocenters. The number of rotatable bonds is 11. The maximum absolute atomic E-state index is 13.8. The second-order valence-corrected chi connectivity index (χ2v) is 10.6. The summed E-state index contributed by atoms with van der Waals surface area (Å²) in [6.07, 6.45) is -0.369. The van der Waals surface area contributed by atoms with Crippen LogP contribution in [0.1, 0.15) is 34.0 Å². The first-order valence-electron chi connectivity index (χ1n) is 11.5. The number of aliphatic hydroxyl groups is 1. The summed E-state index contributed by atoms with van der Waals surface area (Å²) in [4.78, 5) is 12.5. The highest BCUT2D eigenvalue weighted by atomic mass is 35.5. The Morgan fingerprint density at radius 3 is 2.35 bits per heavy atom. The summed E-state index contributed by atoms with van der Waals surface area (Å²) in [6.45, 7) is 2.56. The van der Waals surface area contributed by atoms with Crippen molar-refractivity contribution in [2.24, 2.45) is 5.14 Å². The molecule has 198 valence electrons. The van der Waals surface area contributed by atoms with E-state index in [-0.39, 0.29) is 29.1 Å².